The van der Waals surface area contributed by atoms with Crippen molar-refractivity contribution < 1.29 is 14.7 Å². The van der Waals surface area contributed by atoms with E-state index in [4.69, 9.17) is 11.5 Å². The summed E-state index contributed by atoms with van der Waals surface area (Å²) in [6.45, 7) is 1.81. The smallest absolute Gasteiger partial charge is 0.327 e. The second-order valence-corrected chi connectivity index (χ2v) is 5.11. The lowest BCUT2D eigenvalue weighted by Gasteiger charge is -2.17. The van der Waals surface area contributed by atoms with Crippen molar-refractivity contribution in [2.75, 3.05) is 0 Å². The molecule has 0 aromatic heterocycles. The molecular weight excluding hydrogens is 324 g/mol. The van der Waals surface area contributed by atoms with Gasteiger partial charge in [0.25, 0.3) is 0 Å². The highest BCUT2D eigenvalue weighted by Gasteiger charge is 2.19. The summed E-state index contributed by atoms with van der Waals surface area (Å²) in [6, 6.07) is 5.56. The van der Waals surface area contributed by atoms with Crippen LogP contribution in [0.15, 0.2) is 28.7 Å². The lowest BCUT2D eigenvalue weighted by atomic mass is 10.1. The van der Waals surface area contributed by atoms with Crippen molar-refractivity contribution in [1.29, 1.82) is 0 Å². The number of carbonyl (C=O) groups excluding carboxylic acids is 1. The van der Waals surface area contributed by atoms with Crippen LogP contribution in [0, 0.1) is 12.3 Å². The molecule has 2 unspecified atom stereocenters. The van der Waals surface area contributed by atoms with Crippen LogP contribution in [0.25, 0.3) is 0 Å². The van der Waals surface area contributed by atoms with Gasteiger partial charge in [-0.3, -0.25) is 0 Å². The number of nitrogens with one attached hydrogen (secondary N) is 2. The van der Waals surface area contributed by atoms with Gasteiger partial charge in [-0.1, -0.05) is 28.1 Å². The zero-order chi connectivity index (χ0) is 15.1. The molecule has 0 fully saturated rings. The van der Waals surface area contributed by atoms with Crippen LogP contribution >= 0.6 is 15.9 Å². The molecule has 20 heavy (non-hydrogen) atoms. The summed E-state index contributed by atoms with van der Waals surface area (Å²) >= 11 is 3.33. The molecule has 1 aromatic rings. The molecule has 0 saturated carbocycles. The Morgan fingerprint density at radius 2 is 1.95 bits per heavy atom. The third kappa shape index (κ3) is 4.94. The van der Waals surface area contributed by atoms with Crippen LogP contribution in [-0.2, 0) is 4.79 Å². The predicted molar refractivity (Wildman–Crippen MR) is 79.1 cm³/mol. The van der Waals surface area contributed by atoms with Gasteiger partial charge < -0.3 is 15.7 Å². The molecule has 0 aliphatic rings. The van der Waals surface area contributed by atoms with Crippen LogP contribution in [0.2, 0.25) is 0 Å². The second kappa shape index (κ2) is 7.56. The molecule has 0 saturated heterocycles. The van der Waals surface area contributed by atoms with Crippen LogP contribution in [0.4, 0.5) is 4.79 Å². The van der Waals surface area contributed by atoms with Crippen LogP contribution < -0.4 is 10.6 Å². The van der Waals surface area contributed by atoms with Gasteiger partial charge in [-0.05, 0) is 24.6 Å². The number of urea groups is 1. The first kappa shape index (κ1) is 16.1. The highest BCUT2D eigenvalue weighted by molar-refractivity contribution is 9.10. The predicted octanol–water partition coefficient (Wildman–Crippen LogP) is 2.29. The van der Waals surface area contributed by atoms with E-state index in [2.05, 4.69) is 32.5 Å². The van der Waals surface area contributed by atoms with Crippen molar-refractivity contribution in [2.45, 2.75) is 25.4 Å². The fourth-order valence-corrected chi connectivity index (χ4v) is 1.81. The van der Waals surface area contributed by atoms with Crippen molar-refractivity contribution in [3.8, 4) is 12.3 Å². The standard InChI is InChI=1S/C14H15BrN2O3/c1-3-4-12(13(18)19)17-14(20)16-9(2)10-5-7-11(15)8-6-10/h1,5-9,12H,4H2,2H3,(H,18,19)(H2,16,17,20). The average molecular weight is 339 g/mol. The van der Waals surface area contributed by atoms with Gasteiger partial charge in [-0.2, -0.15) is 0 Å². The highest BCUT2D eigenvalue weighted by atomic mass is 79.9. The van der Waals surface area contributed by atoms with Gasteiger partial charge in [-0.25, -0.2) is 9.59 Å². The lowest BCUT2D eigenvalue weighted by Crippen LogP contribution is -2.46. The Hall–Kier alpha value is -2.00. The lowest BCUT2D eigenvalue weighted by molar-refractivity contribution is -0.139. The summed E-state index contributed by atoms with van der Waals surface area (Å²) in [4.78, 5) is 22.6. The molecule has 2 amide bonds. The van der Waals surface area contributed by atoms with Crippen molar-refractivity contribution in [3.63, 3.8) is 0 Å². The monoisotopic (exact) mass is 338 g/mol. The topological polar surface area (TPSA) is 78.4 Å². The minimum atomic E-state index is -1.16. The SMILES string of the molecule is C#CCC(NC(=O)NC(C)c1ccc(Br)cc1)C(=O)O. The van der Waals surface area contributed by atoms with Crippen molar-refractivity contribution >= 4 is 27.9 Å². The van der Waals surface area contributed by atoms with E-state index in [9.17, 15) is 9.59 Å². The number of carboxylic acids is 1. The van der Waals surface area contributed by atoms with Crippen LogP contribution in [0.5, 0.6) is 0 Å². The Balaban J connectivity index is 2.59. The summed E-state index contributed by atoms with van der Waals surface area (Å²) < 4.78 is 0.942. The number of halogens is 1. The van der Waals surface area contributed by atoms with E-state index in [0.29, 0.717) is 0 Å². The summed E-state index contributed by atoms with van der Waals surface area (Å²) in [5, 5.41) is 13.9. The number of aliphatic carboxylic acids is 1. The van der Waals surface area contributed by atoms with Gasteiger partial charge in [0.05, 0.1) is 6.04 Å². The molecular formula is C14H15BrN2O3. The van der Waals surface area contributed by atoms with E-state index in [-0.39, 0.29) is 12.5 Å². The number of carboxylic acid groups (broad SMARTS) is 1. The van der Waals surface area contributed by atoms with Crippen molar-refractivity contribution in [1.82, 2.24) is 10.6 Å². The third-order valence-electron chi connectivity index (χ3n) is 2.64. The molecule has 2 atom stereocenters. The average Bonchev–Trinajstić information content (AvgIpc) is 2.38. The normalized spacial score (nSPS) is 12.8. The number of rotatable bonds is 5. The molecule has 1 aromatic carbocycles. The molecule has 1 rings (SSSR count). The number of terminal acetylenes is 1. The van der Waals surface area contributed by atoms with E-state index >= 15 is 0 Å². The molecule has 106 valence electrons. The van der Waals surface area contributed by atoms with E-state index < -0.39 is 18.0 Å². The first-order chi connectivity index (χ1) is 9.43. The number of hydrogen-bond donors (Lipinski definition) is 3. The Morgan fingerprint density at radius 3 is 2.45 bits per heavy atom. The van der Waals surface area contributed by atoms with E-state index in [1.807, 2.05) is 24.3 Å². The van der Waals surface area contributed by atoms with Gasteiger partial charge in [0.1, 0.15) is 6.04 Å². The minimum absolute atomic E-state index is 0.0601. The van der Waals surface area contributed by atoms with Gasteiger partial charge >= 0.3 is 12.0 Å². The van der Waals surface area contributed by atoms with E-state index in [1.54, 1.807) is 6.92 Å². The Kier molecular flexibility index (Phi) is 6.07. The number of hydrogen-bond acceptors (Lipinski definition) is 2. The van der Waals surface area contributed by atoms with Crippen LogP contribution in [-0.4, -0.2) is 23.1 Å². The molecule has 0 aliphatic carbocycles. The highest BCUT2D eigenvalue weighted by Crippen LogP contribution is 2.16. The fourth-order valence-electron chi connectivity index (χ4n) is 1.55. The molecule has 0 heterocycles. The summed E-state index contributed by atoms with van der Waals surface area (Å²) in [6.07, 6.45) is 5.00. The van der Waals surface area contributed by atoms with Gasteiger partial charge in [-0.15, -0.1) is 12.3 Å². The van der Waals surface area contributed by atoms with Crippen molar-refractivity contribution in [2.24, 2.45) is 0 Å². The largest absolute Gasteiger partial charge is 0.480 e. The maximum absolute atomic E-state index is 11.7. The summed E-state index contributed by atoms with van der Waals surface area (Å²) in [7, 11) is 0. The molecule has 0 spiro atoms. The Morgan fingerprint density at radius 1 is 1.35 bits per heavy atom. The van der Waals surface area contributed by atoms with Crippen molar-refractivity contribution in [3.05, 3.63) is 34.3 Å². The van der Waals surface area contributed by atoms with E-state index in [0.717, 1.165) is 10.0 Å². The number of benzene rings is 1. The van der Waals surface area contributed by atoms with E-state index in [1.165, 1.54) is 0 Å². The molecule has 0 radical (unpaired) electrons. The molecule has 0 bridgehead atoms. The first-order valence-electron chi connectivity index (χ1n) is 5.92. The molecule has 0 aliphatic heterocycles. The zero-order valence-corrected chi connectivity index (χ0v) is 12.5. The summed E-state index contributed by atoms with van der Waals surface area (Å²) in [5.74, 6) is 1.06. The number of amides is 2. The zero-order valence-electron chi connectivity index (χ0n) is 10.9. The Labute approximate surface area is 125 Å². The summed E-state index contributed by atoms with van der Waals surface area (Å²) in [5.41, 5.74) is 0.909. The van der Waals surface area contributed by atoms with Gasteiger partial charge in [0, 0.05) is 10.9 Å². The maximum Gasteiger partial charge on any atom is 0.327 e. The molecule has 3 N–H and O–H groups in total. The van der Waals surface area contributed by atoms with Gasteiger partial charge in [0.2, 0.25) is 0 Å². The molecule has 6 heteroatoms. The quantitative estimate of drug-likeness (QED) is 0.720. The van der Waals surface area contributed by atoms with Crippen LogP contribution in [0.3, 0.4) is 0 Å². The molecule has 5 nitrogen and oxygen atoms in total. The third-order valence-corrected chi connectivity index (χ3v) is 3.17. The second-order valence-electron chi connectivity index (χ2n) is 4.19. The Bertz CT molecular complexity index is 522. The van der Waals surface area contributed by atoms with Crippen LogP contribution in [0.1, 0.15) is 24.9 Å². The first-order valence-corrected chi connectivity index (χ1v) is 6.72. The number of carbonyl (C=O) groups is 2. The van der Waals surface area contributed by atoms with Gasteiger partial charge in [0.15, 0.2) is 0 Å². The fraction of sp³-hybridized carbons (Fsp3) is 0.286. The maximum atomic E-state index is 11.7. The minimum Gasteiger partial charge on any atom is -0.480 e.